The number of aromatic nitrogens is 1. The van der Waals surface area contributed by atoms with Crippen molar-refractivity contribution in [3.05, 3.63) is 45.4 Å². The number of hydrogen-bond donors (Lipinski definition) is 0. The van der Waals surface area contributed by atoms with Gasteiger partial charge in [-0.1, -0.05) is 32.4 Å². The Kier molecular flexibility index (Phi) is 5.77. The van der Waals surface area contributed by atoms with E-state index in [-0.39, 0.29) is 0 Å². The highest BCUT2D eigenvalue weighted by molar-refractivity contribution is 7.11. The predicted octanol–water partition coefficient (Wildman–Crippen LogP) is 4.30. The molecule has 0 saturated carbocycles. The van der Waals surface area contributed by atoms with E-state index in [1.54, 1.807) is 11.3 Å². The lowest BCUT2D eigenvalue weighted by Gasteiger charge is -2.05. The third kappa shape index (κ3) is 4.30. The molecule has 2 rings (SSSR count). The second-order valence-corrected chi connectivity index (χ2v) is 6.02. The smallest absolute Gasteiger partial charge is 0.140 e. The lowest BCUT2D eigenvalue weighted by molar-refractivity contribution is 0.305. The Morgan fingerprint density at radius 3 is 2.90 bits per heavy atom. The molecule has 0 radical (unpaired) electrons. The van der Waals surface area contributed by atoms with Crippen molar-refractivity contribution in [1.82, 2.24) is 4.98 Å². The van der Waals surface area contributed by atoms with E-state index < -0.39 is 0 Å². The monoisotopic (exact) mass is 300 g/mol. The van der Waals surface area contributed by atoms with Crippen LogP contribution < -0.4 is 4.74 Å². The number of ether oxygens (including phenoxy) is 1. The molecular formula is C17H20N2OS. The molecule has 1 aromatic heterocycles. The fourth-order valence-corrected chi connectivity index (χ4v) is 3.10. The summed E-state index contributed by atoms with van der Waals surface area (Å²) in [4.78, 5) is 5.70. The van der Waals surface area contributed by atoms with Crippen LogP contribution in [-0.2, 0) is 25.9 Å². The first-order valence-electron chi connectivity index (χ1n) is 7.33. The SMILES string of the molecule is CCCc1nc(COc2cccc(CC)c2)sc1CC#N. The molecule has 21 heavy (non-hydrogen) atoms. The highest BCUT2D eigenvalue weighted by Gasteiger charge is 2.10. The number of benzene rings is 1. The Morgan fingerprint density at radius 2 is 2.19 bits per heavy atom. The van der Waals surface area contributed by atoms with E-state index in [9.17, 15) is 0 Å². The van der Waals surface area contributed by atoms with Crippen molar-refractivity contribution in [1.29, 1.82) is 5.26 Å². The van der Waals surface area contributed by atoms with Crippen LogP contribution in [0, 0.1) is 11.3 Å². The second-order valence-electron chi connectivity index (χ2n) is 4.85. The molecule has 3 nitrogen and oxygen atoms in total. The summed E-state index contributed by atoms with van der Waals surface area (Å²) in [5.74, 6) is 0.878. The first kappa shape index (κ1) is 15.5. The van der Waals surface area contributed by atoms with Crippen LogP contribution in [0.4, 0.5) is 0 Å². The van der Waals surface area contributed by atoms with Crippen LogP contribution in [0.2, 0.25) is 0 Å². The topological polar surface area (TPSA) is 45.9 Å². The molecule has 0 bridgehead atoms. The molecular weight excluding hydrogens is 280 g/mol. The van der Waals surface area contributed by atoms with E-state index in [0.717, 1.165) is 40.6 Å². The van der Waals surface area contributed by atoms with Gasteiger partial charge in [0.1, 0.15) is 17.4 Å². The summed E-state index contributed by atoms with van der Waals surface area (Å²) in [5, 5.41) is 9.83. The maximum Gasteiger partial charge on any atom is 0.140 e. The minimum atomic E-state index is 0.443. The predicted molar refractivity (Wildman–Crippen MR) is 85.6 cm³/mol. The molecule has 0 saturated heterocycles. The van der Waals surface area contributed by atoms with Crippen molar-refractivity contribution in [3.63, 3.8) is 0 Å². The first-order chi connectivity index (χ1) is 10.3. The zero-order valence-corrected chi connectivity index (χ0v) is 13.4. The molecule has 0 aliphatic heterocycles. The van der Waals surface area contributed by atoms with Gasteiger partial charge < -0.3 is 4.74 Å². The minimum absolute atomic E-state index is 0.443. The van der Waals surface area contributed by atoms with Crippen molar-refractivity contribution in [3.8, 4) is 11.8 Å². The third-order valence-electron chi connectivity index (χ3n) is 3.22. The summed E-state index contributed by atoms with van der Waals surface area (Å²) in [6.45, 7) is 4.73. The van der Waals surface area contributed by atoms with Crippen LogP contribution in [0.5, 0.6) is 5.75 Å². The average molecular weight is 300 g/mol. The van der Waals surface area contributed by atoms with Crippen LogP contribution in [0.1, 0.15) is 41.4 Å². The second kappa shape index (κ2) is 7.80. The molecule has 0 atom stereocenters. The van der Waals surface area contributed by atoms with Crippen LogP contribution in [-0.4, -0.2) is 4.98 Å². The van der Waals surface area contributed by atoms with Gasteiger partial charge in [0.15, 0.2) is 0 Å². The number of rotatable bonds is 7. The zero-order valence-electron chi connectivity index (χ0n) is 12.6. The van der Waals surface area contributed by atoms with Gasteiger partial charge in [0.05, 0.1) is 18.2 Å². The lowest BCUT2D eigenvalue weighted by atomic mass is 10.2. The van der Waals surface area contributed by atoms with E-state index in [0.29, 0.717) is 13.0 Å². The summed E-state index contributed by atoms with van der Waals surface area (Å²) >= 11 is 1.59. The Balaban J connectivity index is 2.05. The summed E-state index contributed by atoms with van der Waals surface area (Å²) in [7, 11) is 0. The number of nitriles is 1. The van der Waals surface area contributed by atoms with Gasteiger partial charge in [-0.15, -0.1) is 11.3 Å². The van der Waals surface area contributed by atoms with Crippen molar-refractivity contribution in [2.24, 2.45) is 0 Å². The van der Waals surface area contributed by atoms with Crippen LogP contribution in [0.15, 0.2) is 24.3 Å². The molecule has 1 heterocycles. The largest absolute Gasteiger partial charge is 0.486 e. The quantitative estimate of drug-likeness (QED) is 0.765. The van der Waals surface area contributed by atoms with Gasteiger partial charge in [0, 0.05) is 4.88 Å². The summed E-state index contributed by atoms with van der Waals surface area (Å²) in [6.07, 6.45) is 3.42. The van der Waals surface area contributed by atoms with Crippen LogP contribution >= 0.6 is 11.3 Å². The Labute approximate surface area is 130 Å². The molecule has 4 heteroatoms. The molecule has 0 unspecified atom stereocenters. The number of hydrogen-bond acceptors (Lipinski definition) is 4. The number of thiazole rings is 1. The summed E-state index contributed by atoms with van der Waals surface area (Å²) in [6, 6.07) is 10.4. The maximum absolute atomic E-state index is 8.88. The Hall–Kier alpha value is -1.86. The van der Waals surface area contributed by atoms with Gasteiger partial charge in [-0.25, -0.2) is 4.98 Å². The average Bonchev–Trinajstić information content (AvgIpc) is 2.88. The Bertz CT molecular complexity index is 628. The maximum atomic E-state index is 8.88. The molecule has 1 aromatic carbocycles. The van der Waals surface area contributed by atoms with Gasteiger partial charge in [0.2, 0.25) is 0 Å². The molecule has 0 aliphatic rings. The van der Waals surface area contributed by atoms with E-state index in [4.69, 9.17) is 10.00 Å². The van der Waals surface area contributed by atoms with Crippen LogP contribution in [0.25, 0.3) is 0 Å². The molecule has 110 valence electrons. The normalized spacial score (nSPS) is 10.3. The molecule has 0 aliphatic carbocycles. The first-order valence-corrected chi connectivity index (χ1v) is 8.14. The van der Waals surface area contributed by atoms with Gasteiger partial charge in [0.25, 0.3) is 0 Å². The van der Waals surface area contributed by atoms with E-state index in [2.05, 4.69) is 37.0 Å². The van der Waals surface area contributed by atoms with E-state index >= 15 is 0 Å². The number of nitrogens with zero attached hydrogens (tertiary/aromatic N) is 2. The molecule has 2 aromatic rings. The van der Waals surface area contributed by atoms with Crippen molar-refractivity contribution in [2.45, 2.75) is 46.1 Å². The Morgan fingerprint density at radius 1 is 1.33 bits per heavy atom. The summed E-state index contributed by atoms with van der Waals surface area (Å²) < 4.78 is 5.82. The zero-order chi connectivity index (χ0) is 15.1. The standard InChI is InChI=1S/C17H20N2OS/c1-3-6-15-16(9-10-18)21-17(19-15)12-20-14-8-5-7-13(4-2)11-14/h5,7-8,11H,3-4,6,9,12H2,1-2H3. The van der Waals surface area contributed by atoms with Gasteiger partial charge in [-0.2, -0.15) is 5.26 Å². The lowest BCUT2D eigenvalue weighted by Crippen LogP contribution is -1.96. The molecule has 0 N–H and O–H groups in total. The van der Waals surface area contributed by atoms with Gasteiger partial charge in [-0.3, -0.25) is 0 Å². The molecule has 0 fully saturated rings. The van der Waals surface area contributed by atoms with Gasteiger partial charge >= 0.3 is 0 Å². The highest BCUT2D eigenvalue weighted by Crippen LogP contribution is 2.22. The minimum Gasteiger partial charge on any atom is -0.486 e. The van der Waals surface area contributed by atoms with Crippen molar-refractivity contribution in [2.75, 3.05) is 0 Å². The highest BCUT2D eigenvalue weighted by atomic mass is 32.1. The fourth-order valence-electron chi connectivity index (χ4n) is 2.14. The fraction of sp³-hybridized carbons (Fsp3) is 0.412. The van der Waals surface area contributed by atoms with Crippen molar-refractivity contribution >= 4 is 11.3 Å². The van der Waals surface area contributed by atoms with Gasteiger partial charge in [-0.05, 0) is 30.5 Å². The van der Waals surface area contributed by atoms with Crippen LogP contribution in [0.3, 0.4) is 0 Å². The van der Waals surface area contributed by atoms with Crippen molar-refractivity contribution < 1.29 is 4.74 Å². The molecule has 0 spiro atoms. The molecule has 0 amide bonds. The van der Waals surface area contributed by atoms with E-state index in [1.165, 1.54) is 5.56 Å². The number of aryl methyl sites for hydroxylation is 2. The van der Waals surface area contributed by atoms with E-state index in [1.807, 2.05) is 12.1 Å². The summed E-state index contributed by atoms with van der Waals surface area (Å²) in [5.41, 5.74) is 2.33. The third-order valence-corrected chi connectivity index (χ3v) is 4.29.